The summed E-state index contributed by atoms with van der Waals surface area (Å²) < 4.78 is 0. The number of hydrogen-bond donors (Lipinski definition) is 2. The Kier molecular flexibility index (Phi) is 3.94. The number of amides is 1. The van der Waals surface area contributed by atoms with Gasteiger partial charge in [-0.15, -0.1) is 12.4 Å². The Morgan fingerprint density at radius 3 is 2.44 bits per heavy atom. The molecule has 1 aromatic carbocycles. The van der Waals surface area contributed by atoms with Crippen molar-refractivity contribution in [1.82, 2.24) is 5.32 Å². The van der Waals surface area contributed by atoms with Crippen LogP contribution in [0.15, 0.2) is 30.3 Å². The van der Waals surface area contributed by atoms with Crippen molar-refractivity contribution in [3.05, 3.63) is 35.9 Å². The topological polar surface area (TPSA) is 55.1 Å². The largest absolute Gasteiger partial charge is 0.351 e. The van der Waals surface area contributed by atoms with Gasteiger partial charge in [0.1, 0.15) is 5.54 Å². The van der Waals surface area contributed by atoms with E-state index in [0.717, 1.165) is 18.4 Å². The van der Waals surface area contributed by atoms with Gasteiger partial charge < -0.3 is 11.1 Å². The van der Waals surface area contributed by atoms with Crippen LogP contribution in [0.1, 0.15) is 25.3 Å². The zero-order valence-corrected chi connectivity index (χ0v) is 10.1. The minimum absolute atomic E-state index is 0. The van der Waals surface area contributed by atoms with E-state index in [0.29, 0.717) is 6.04 Å². The lowest BCUT2D eigenvalue weighted by molar-refractivity contribution is -0.126. The van der Waals surface area contributed by atoms with Gasteiger partial charge in [-0.05, 0) is 25.3 Å². The van der Waals surface area contributed by atoms with E-state index in [4.69, 9.17) is 5.73 Å². The maximum Gasteiger partial charge on any atom is 0.244 e. The SMILES string of the molecule is CC(N)(C(=O)NC1CC1)c1ccccc1.Cl. The summed E-state index contributed by atoms with van der Waals surface area (Å²) in [5.74, 6) is -0.0869. The fourth-order valence-corrected chi connectivity index (χ4v) is 1.48. The summed E-state index contributed by atoms with van der Waals surface area (Å²) in [5.41, 5.74) is 5.97. The van der Waals surface area contributed by atoms with Crippen LogP contribution in [-0.4, -0.2) is 11.9 Å². The third kappa shape index (κ3) is 2.74. The molecule has 4 heteroatoms. The lowest BCUT2D eigenvalue weighted by Gasteiger charge is -2.23. The number of rotatable bonds is 3. The van der Waals surface area contributed by atoms with Crippen LogP contribution in [0.5, 0.6) is 0 Å². The van der Waals surface area contributed by atoms with E-state index in [1.165, 1.54) is 0 Å². The van der Waals surface area contributed by atoms with E-state index < -0.39 is 5.54 Å². The number of nitrogens with one attached hydrogen (secondary N) is 1. The van der Waals surface area contributed by atoms with Crippen molar-refractivity contribution in [2.75, 3.05) is 0 Å². The molecule has 0 aliphatic heterocycles. The van der Waals surface area contributed by atoms with Crippen LogP contribution in [-0.2, 0) is 10.3 Å². The first-order valence-electron chi connectivity index (χ1n) is 5.26. The normalized spacial score (nSPS) is 18.1. The number of carbonyl (C=O) groups excluding carboxylic acids is 1. The highest BCUT2D eigenvalue weighted by Crippen LogP contribution is 2.22. The fraction of sp³-hybridized carbons (Fsp3) is 0.417. The zero-order valence-electron chi connectivity index (χ0n) is 9.27. The molecule has 0 radical (unpaired) electrons. The standard InChI is InChI=1S/C12H16N2O.ClH/c1-12(13,9-5-3-2-4-6-9)11(15)14-10-7-8-10;/h2-6,10H,7-8,13H2,1H3,(H,14,15);1H. The first-order chi connectivity index (χ1) is 7.10. The quantitative estimate of drug-likeness (QED) is 0.843. The van der Waals surface area contributed by atoms with E-state index in [-0.39, 0.29) is 18.3 Å². The van der Waals surface area contributed by atoms with Gasteiger partial charge >= 0.3 is 0 Å². The first kappa shape index (κ1) is 13.0. The smallest absolute Gasteiger partial charge is 0.244 e. The highest BCUT2D eigenvalue weighted by molar-refractivity contribution is 5.87. The second-order valence-corrected chi connectivity index (χ2v) is 4.32. The molecule has 0 aromatic heterocycles. The third-order valence-corrected chi connectivity index (χ3v) is 2.76. The number of halogens is 1. The molecule has 1 saturated carbocycles. The molecular formula is C12H17ClN2O. The Hall–Kier alpha value is -1.06. The van der Waals surface area contributed by atoms with Gasteiger partial charge in [0.05, 0.1) is 0 Å². The van der Waals surface area contributed by atoms with Crippen molar-refractivity contribution in [1.29, 1.82) is 0 Å². The number of benzene rings is 1. The Balaban J connectivity index is 0.00000128. The van der Waals surface area contributed by atoms with Crippen LogP contribution in [0.25, 0.3) is 0 Å². The second kappa shape index (κ2) is 4.85. The van der Waals surface area contributed by atoms with E-state index in [2.05, 4.69) is 5.32 Å². The predicted molar refractivity (Wildman–Crippen MR) is 66.4 cm³/mol. The molecule has 0 bridgehead atoms. The van der Waals surface area contributed by atoms with E-state index in [1.807, 2.05) is 30.3 Å². The Bertz CT molecular complexity index is 361. The van der Waals surface area contributed by atoms with Gasteiger partial charge in [0, 0.05) is 6.04 Å². The third-order valence-electron chi connectivity index (χ3n) is 2.76. The second-order valence-electron chi connectivity index (χ2n) is 4.32. The molecule has 0 spiro atoms. The predicted octanol–water partition coefficient (Wildman–Crippen LogP) is 1.56. The molecular weight excluding hydrogens is 224 g/mol. The molecule has 16 heavy (non-hydrogen) atoms. The molecule has 0 saturated heterocycles. The van der Waals surface area contributed by atoms with Crippen LogP contribution >= 0.6 is 12.4 Å². The maximum atomic E-state index is 11.9. The van der Waals surface area contributed by atoms with Crippen molar-refractivity contribution in [2.45, 2.75) is 31.3 Å². The van der Waals surface area contributed by atoms with E-state index >= 15 is 0 Å². The summed E-state index contributed by atoms with van der Waals surface area (Å²) in [6.07, 6.45) is 2.16. The van der Waals surface area contributed by atoms with E-state index in [1.54, 1.807) is 6.92 Å². The Morgan fingerprint density at radius 2 is 1.94 bits per heavy atom. The number of carbonyl (C=O) groups is 1. The summed E-state index contributed by atoms with van der Waals surface area (Å²) in [7, 11) is 0. The lowest BCUT2D eigenvalue weighted by atomic mass is 9.92. The van der Waals surface area contributed by atoms with Gasteiger partial charge in [-0.3, -0.25) is 4.79 Å². The first-order valence-corrected chi connectivity index (χ1v) is 5.26. The highest BCUT2D eigenvalue weighted by Gasteiger charge is 2.34. The fourth-order valence-electron chi connectivity index (χ4n) is 1.48. The monoisotopic (exact) mass is 240 g/mol. The lowest BCUT2D eigenvalue weighted by Crippen LogP contribution is -2.49. The molecule has 1 unspecified atom stereocenters. The average molecular weight is 241 g/mol. The minimum Gasteiger partial charge on any atom is -0.351 e. The van der Waals surface area contributed by atoms with Gasteiger partial charge in [0.25, 0.3) is 0 Å². The van der Waals surface area contributed by atoms with Crippen LogP contribution in [0.4, 0.5) is 0 Å². The zero-order chi connectivity index (χ0) is 10.9. The van der Waals surface area contributed by atoms with Crippen molar-refractivity contribution in [2.24, 2.45) is 5.73 Å². The molecule has 1 atom stereocenters. The molecule has 1 fully saturated rings. The minimum atomic E-state index is -0.927. The summed E-state index contributed by atoms with van der Waals surface area (Å²) in [5, 5.41) is 2.93. The van der Waals surface area contributed by atoms with Crippen LogP contribution in [0.3, 0.4) is 0 Å². The van der Waals surface area contributed by atoms with Crippen LogP contribution < -0.4 is 11.1 Å². The molecule has 1 aliphatic rings. The summed E-state index contributed by atoms with van der Waals surface area (Å²) in [6, 6.07) is 9.82. The average Bonchev–Trinajstić information content (AvgIpc) is 3.03. The van der Waals surface area contributed by atoms with Crippen LogP contribution in [0, 0.1) is 0 Å². The summed E-state index contributed by atoms with van der Waals surface area (Å²) in [4.78, 5) is 11.9. The molecule has 3 nitrogen and oxygen atoms in total. The van der Waals surface area contributed by atoms with Gasteiger partial charge in [-0.2, -0.15) is 0 Å². The molecule has 1 aliphatic carbocycles. The molecule has 88 valence electrons. The molecule has 2 rings (SSSR count). The molecule has 0 heterocycles. The van der Waals surface area contributed by atoms with Gasteiger partial charge in [0.2, 0.25) is 5.91 Å². The molecule has 1 amide bonds. The summed E-state index contributed by atoms with van der Waals surface area (Å²) in [6.45, 7) is 1.75. The van der Waals surface area contributed by atoms with Gasteiger partial charge in [0.15, 0.2) is 0 Å². The Labute approximate surface area is 102 Å². The van der Waals surface area contributed by atoms with Crippen LogP contribution in [0.2, 0.25) is 0 Å². The van der Waals surface area contributed by atoms with Gasteiger partial charge in [-0.1, -0.05) is 30.3 Å². The molecule has 3 N–H and O–H groups in total. The highest BCUT2D eigenvalue weighted by atomic mass is 35.5. The van der Waals surface area contributed by atoms with Crippen molar-refractivity contribution >= 4 is 18.3 Å². The van der Waals surface area contributed by atoms with Crippen molar-refractivity contribution < 1.29 is 4.79 Å². The summed E-state index contributed by atoms with van der Waals surface area (Å²) >= 11 is 0. The maximum absolute atomic E-state index is 11.9. The van der Waals surface area contributed by atoms with Crippen molar-refractivity contribution in [3.8, 4) is 0 Å². The van der Waals surface area contributed by atoms with E-state index in [9.17, 15) is 4.79 Å². The van der Waals surface area contributed by atoms with Gasteiger partial charge in [-0.25, -0.2) is 0 Å². The number of hydrogen-bond acceptors (Lipinski definition) is 2. The Morgan fingerprint density at radius 1 is 1.38 bits per heavy atom. The van der Waals surface area contributed by atoms with Crippen molar-refractivity contribution in [3.63, 3.8) is 0 Å². The number of nitrogens with two attached hydrogens (primary N) is 1. The molecule has 1 aromatic rings.